The van der Waals surface area contributed by atoms with Crippen LogP contribution in [0.15, 0.2) is 36.4 Å². The summed E-state index contributed by atoms with van der Waals surface area (Å²) in [6, 6.07) is 12.5. The number of methoxy groups -OCH3 is 1. The highest BCUT2D eigenvalue weighted by molar-refractivity contribution is 6.87. The molecule has 1 heterocycles. The van der Waals surface area contributed by atoms with Crippen molar-refractivity contribution < 1.29 is 18.1 Å². The largest absolute Gasteiger partial charge is 0.507 e. The molecule has 0 bridgehead atoms. The van der Waals surface area contributed by atoms with Gasteiger partial charge in [0.05, 0.1) is 23.7 Å². The zero-order chi connectivity index (χ0) is 25.3. The van der Waals surface area contributed by atoms with Crippen LogP contribution in [0.5, 0.6) is 11.5 Å². The number of hydrogen-bond acceptors (Lipinski definition) is 5. The first-order chi connectivity index (χ1) is 15.7. The lowest BCUT2D eigenvalue weighted by Gasteiger charge is -2.39. The Balaban J connectivity index is 1.91. The van der Waals surface area contributed by atoms with Gasteiger partial charge in [-0.1, -0.05) is 19.1 Å². The predicted octanol–water partition coefficient (Wildman–Crippen LogP) is 6.90. The first-order valence-electron chi connectivity index (χ1n) is 11.9. The van der Waals surface area contributed by atoms with Crippen LogP contribution in [0, 0.1) is 5.92 Å². The zero-order valence-corrected chi connectivity index (χ0v) is 25.1. The highest BCUT2D eigenvalue weighted by atomic mass is 28.5. The molecule has 1 atom stereocenters. The number of nitrogens with one attached hydrogen (secondary N) is 1. The average molecular weight is 517 g/mol. The van der Waals surface area contributed by atoms with E-state index in [1.165, 1.54) is 0 Å². The number of phenols is 1. The minimum Gasteiger partial charge on any atom is -0.507 e. The summed E-state index contributed by atoms with van der Waals surface area (Å²) >= 11 is 0. The lowest BCUT2D eigenvalue weighted by atomic mass is 9.98. The minimum atomic E-state index is -2.38. The summed E-state index contributed by atoms with van der Waals surface area (Å²) in [5.74, 6) is 1.85. The topological polar surface area (TPSA) is 76.6 Å². The Morgan fingerprint density at radius 2 is 1.59 bits per heavy atom. The number of fused-ring (bicyclic) bond motifs is 1. The van der Waals surface area contributed by atoms with E-state index in [2.05, 4.69) is 62.7 Å². The number of imidazole rings is 1. The van der Waals surface area contributed by atoms with E-state index >= 15 is 0 Å². The maximum atomic E-state index is 11.3. The zero-order valence-electron chi connectivity index (χ0n) is 22.1. The second-order valence-corrected chi connectivity index (χ2v) is 24.1. The smallest absolute Gasteiger partial charge is 0.314 e. The van der Waals surface area contributed by atoms with Crippen LogP contribution in [0.3, 0.4) is 0 Å². The van der Waals surface area contributed by atoms with Gasteiger partial charge in [-0.3, -0.25) is 0 Å². The molecule has 0 saturated heterocycles. The normalized spacial score (nSPS) is 13.9. The van der Waals surface area contributed by atoms with Gasteiger partial charge in [-0.2, -0.15) is 0 Å². The van der Waals surface area contributed by atoms with Gasteiger partial charge in [-0.25, -0.2) is 4.98 Å². The Morgan fingerprint density at radius 3 is 2.15 bits per heavy atom. The second kappa shape index (κ2) is 9.98. The van der Waals surface area contributed by atoms with Crippen LogP contribution >= 0.6 is 0 Å². The van der Waals surface area contributed by atoms with E-state index in [1.54, 1.807) is 7.11 Å². The standard InChI is InChI=1S/C25H40N2O4Si3/c1-18(17-34(9,30-32(3,4)5)31-33(6,7)8)14-19-15-20(29-2)16-21(24(19)28)25-26-22-12-10-11-13-23(22)27-25/h10-13,15-16,18,28H,14,17H2,1-9H3,(H,26,27). The molecule has 6 nitrogen and oxygen atoms in total. The Morgan fingerprint density at radius 1 is 0.971 bits per heavy atom. The molecular weight excluding hydrogens is 477 g/mol. The van der Waals surface area contributed by atoms with Gasteiger partial charge >= 0.3 is 8.56 Å². The van der Waals surface area contributed by atoms with Crippen LogP contribution in [0.1, 0.15) is 12.5 Å². The van der Waals surface area contributed by atoms with E-state index < -0.39 is 25.2 Å². The molecule has 2 N–H and O–H groups in total. The number of hydrogen-bond donors (Lipinski definition) is 2. The summed E-state index contributed by atoms with van der Waals surface area (Å²) in [6.07, 6.45) is 0.697. The van der Waals surface area contributed by atoms with Gasteiger partial charge in [0.25, 0.3) is 0 Å². The third-order valence-corrected chi connectivity index (χ3v) is 15.2. The Labute approximate surface area is 207 Å². The van der Waals surface area contributed by atoms with E-state index in [1.807, 2.05) is 36.4 Å². The van der Waals surface area contributed by atoms with E-state index in [4.69, 9.17) is 13.0 Å². The van der Waals surface area contributed by atoms with Gasteiger partial charge in [0.2, 0.25) is 0 Å². The summed E-state index contributed by atoms with van der Waals surface area (Å²) in [5, 5.41) is 11.3. The number of aromatic hydroxyl groups is 1. The summed E-state index contributed by atoms with van der Waals surface area (Å²) < 4.78 is 19.0. The van der Waals surface area contributed by atoms with Crippen molar-refractivity contribution in [2.24, 2.45) is 5.92 Å². The number of phenolic OH excluding ortho intramolecular Hbond substituents is 1. The van der Waals surface area contributed by atoms with E-state index in [0.29, 0.717) is 23.6 Å². The fourth-order valence-corrected chi connectivity index (χ4v) is 17.7. The monoisotopic (exact) mass is 516 g/mol. The fraction of sp³-hybridized carbons (Fsp3) is 0.480. The van der Waals surface area contributed by atoms with Crippen LogP contribution in [0.4, 0.5) is 0 Å². The Hall–Kier alpha value is -1.92. The van der Waals surface area contributed by atoms with Gasteiger partial charge in [-0.05, 0) is 94.0 Å². The molecule has 0 amide bonds. The minimum absolute atomic E-state index is 0.243. The Kier molecular flexibility index (Phi) is 7.83. The number of rotatable bonds is 10. The molecule has 1 unspecified atom stereocenters. The number of H-pyrrole nitrogens is 1. The molecule has 3 rings (SSSR count). The number of nitrogens with zero attached hydrogens (tertiary/aromatic N) is 1. The molecule has 0 saturated carbocycles. The van der Waals surface area contributed by atoms with Crippen LogP contribution in [0.25, 0.3) is 22.4 Å². The molecule has 2 aromatic carbocycles. The van der Waals surface area contributed by atoms with Crippen molar-refractivity contribution in [1.82, 2.24) is 9.97 Å². The third-order valence-electron chi connectivity index (χ3n) is 5.37. The van der Waals surface area contributed by atoms with Gasteiger partial charge < -0.3 is 23.1 Å². The SMILES string of the molecule is COc1cc(CC(C)C[Si](C)(O[Si](C)(C)C)O[Si](C)(C)C)c(O)c(-c2nc3ccccc3[nH]2)c1. The third kappa shape index (κ3) is 7.05. The van der Waals surface area contributed by atoms with Crippen molar-refractivity contribution in [1.29, 1.82) is 0 Å². The van der Waals surface area contributed by atoms with Crippen molar-refractivity contribution in [3.8, 4) is 22.9 Å². The second-order valence-electron chi connectivity index (χ2n) is 11.4. The number of para-hydroxylation sites is 2. The molecule has 0 radical (unpaired) electrons. The average Bonchev–Trinajstić information content (AvgIpc) is 3.09. The maximum Gasteiger partial charge on any atom is 0.314 e. The lowest BCUT2D eigenvalue weighted by Crippen LogP contribution is -2.53. The molecule has 0 aliphatic heterocycles. The van der Waals surface area contributed by atoms with Crippen LogP contribution in [-0.4, -0.2) is 47.4 Å². The van der Waals surface area contributed by atoms with Crippen molar-refractivity contribution >= 4 is 36.2 Å². The molecule has 9 heteroatoms. The molecule has 34 heavy (non-hydrogen) atoms. The van der Waals surface area contributed by atoms with Gasteiger partial charge in [0.1, 0.15) is 17.3 Å². The molecule has 1 aromatic heterocycles. The summed E-state index contributed by atoms with van der Waals surface area (Å²) in [4.78, 5) is 8.01. The number of aromatic nitrogens is 2. The molecule has 0 fully saturated rings. The van der Waals surface area contributed by atoms with Crippen LogP contribution in [0.2, 0.25) is 51.9 Å². The van der Waals surface area contributed by atoms with E-state index in [-0.39, 0.29) is 11.7 Å². The van der Waals surface area contributed by atoms with Gasteiger partial charge in [0.15, 0.2) is 16.6 Å². The molecule has 0 aliphatic rings. The molecule has 0 spiro atoms. The number of aromatic amines is 1. The van der Waals surface area contributed by atoms with Crippen molar-refractivity contribution in [3.63, 3.8) is 0 Å². The van der Waals surface area contributed by atoms with Gasteiger partial charge in [0, 0.05) is 0 Å². The molecule has 3 aromatic rings. The molecular formula is C25H40N2O4Si3. The van der Waals surface area contributed by atoms with Crippen molar-refractivity contribution in [2.75, 3.05) is 7.11 Å². The van der Waals surface area contributed by atoms with Crippen LogP contribution in [-0.2, 0) is 14.7 Å². The molecule has 0 aliphatic carbocycles. The Bertz CT molecular complexity index is 1090. The first kappa shape index (κ1) is 26.7. The number of ether oxygens (including phenoxy) is 1. The van der Waals surface area contributed by atoms with Crippen LogP contribution < -0.4 is 4.74 Å². The van der Waals surface area contributed by atoms with Crippen molar-refractivity contribution in [3.05, 3.63) is 42.0 Å². The lowest BCUT2D eigenvalue weighted by molar-refractivity contribution is 0.367. The fourth-order valence-electron chi connectivity index (χ4n) is 4.68. The highest BCUT2D eigenvalue weighted by Crippen LogP contribution is 2.38. The summed E-state index contributed by atoms with van der Waals surface area (Å²) in [5.41, 5.74) is 3.29. The maximum absolute atomic E-state index is 11.3. The molecule has 186 valence electrons. The number of benzene rings is 2. The van der Waals surface area contributed by atoms with Gasteiger partial charge in [-0.15, -0.1) is 0 Å². The summed E-state index contributed by atoms with van der Waals surface area (Å²) in [6.45, 7) is 17.8. The van der Waals surface area contributed by atoms with E-state index in [9.17, 15) is 5.11 Å². The quantitative estimate of drug-likeness (QED) is 0.287. The summed E-state index contributed by atoms with van der Waals surface area (Å²) in [7, 11) is -4.27. The first-order valence-corrected chi connectivity index (χ1v) is 21.3. The van der Waals surface area contributed by atoms with Crippen molar-refractivity contribution in [2.45, 2.75) is 65.2 Å². The highest BCUT2D eigenvalue weighted by Gasteiger charge is 2.41. The predicted molar refractivity (Wildman–Crippen MR) is 148 cm³/mol. The van der Waals surface area contributed by atoms with E-state index in [0.717, 1.165) is 22.6 Å².